The summed E-state index contributed by atoms with van der Waals surface area (Å²) in [7, 11) is 1.93. The topological polar surface area (TPSA) is 36.6 Å². The summed E-state index contributed by atoms with van der Waals surface area (Å²) in [6.07, 6.45) is 2.63. The average molecular weight is 313 g/mol. The molecule has 0 saturated heterocycles. The number of nitrogens with zero attached hydrogens (tertiary/aromatic N) is 1. The van der Waals surface area contributed by atoms with Gasteiger partial charge in [-0.15, -0.1) is 11.3 Å². The quantitative estimate of drug-likeness (QED) is 0.705. The Morgan fingerprint density at radius 1 is 1.27 bits per heavy atom. The second-order valence-corrected chi connectivity index (χ2v) is 6.25. The first kappa shape index (κ1) is 14.7. The van der Waals surface area contributed by atoms with E-state index in [2.05, 4.69) is 32.0 Å². The number of thiophene rings is 1. The van der Waals surface area contributed by atoms with E-state index in [4.69, 9.17) is 4.42 Å². The Kier molecular flexibility index (Phi) is 3.94. The molecule has 0 amide bonds. The highest BCUT2D eigenvalue weighted by Crippen LogP contribution is 2.43. The number of anilines is 2. The number of hydrogen-bond acceptors (Lipinski definition) is 4. The van der Waals surface area contributed by atoms with E-state index >= 15 is 0 Å². The van der Waals surface area contributed by atoms with Crippen LogP contribution in [0.15, 0.2) is 46.4 Å². The van der Waals surface area contributed by atoms with E-state index in [9.17, 15) is 5.11 Å². The third-order valence-electron chi connectivity index (χ3n) is 3.95. The van der Waals surface area contributed by atoms with Crippen molar-refractivity contribution < 1.29 is 9.52 Å². The molecule has 0 fully saturated rings. The van der Waals surface area contributed by atoms with Crippen molar-refractivity contribution >= 4 is 22.7 Å². The van der Waals surface area contributed by atoms with Crippen molar-refractivity contribution in [2.75, 3.05) is 11.9 Å². The summed E-state index contributed by atoms with van der Waals surface area (Å²) in [4.78, 5) is 2.87. The van der Waals surface area contributed by atoms with Crippen molar-refractivity contribution in [1.82, 2.24) is 0 Å². The number of aromatic hydroxyl groups is 1. The lowest BCUT2D eigenvalue weighted by molar-refractivity contribution is 0.465. The molecule has 0 radical (unpaired) electrons. The second kappa shape index (κ2) is 5.89. The molecule has 0 bridgehead atoms. The molecule has 2 heterocycles. The van der Waals surface area contributed by atoms with Crippen molar-refractivity contribution in [3.8, 4) is 16.4 Å². The molecule has 0 aliphatic carbocycles. The van der Waals surface area contributed by atoms with Gasteiger partial charge in [-0.2, -0.15) is 0 Å². The summed E-state index contributed by atoms with van der Waals surface area (Å²) in [5, 5.41) is 12.4. The fraction of sp³-hybridized carbons (Fsp3) is 0.222. The van der Waals surface area contributed by atoms with Gasteiger partial charge in [0.1, 0.15) is 12.0 Å². The zero-order valence-electron chi connectivity index (χ0n) is 13.0. The van der Waals surface area contributed by atoms with Gasteiger partial charge in [0.25, 0.3) is 0 Å². The molecule has 1 aromatic carbocycles. The average Bonchev–Trinajstić information content (AvgIpc) is 3.15. The minimum atomic E-state index is 0.183. The fourth-order valence-electron chi connectivity index (χ4n) is 2.59. The molecule has 3 aromatic rings. The van der Waals surface area contributed by atoms with Crippen LogP contribution in [-0.4, -0.2) is 12.2 Å². The van der Waals surface area contributed by atoms with Gasteiger partial charge in [0.15, 0.2) is 11.5 Å². The summed E-state index contributed by atoms with van der Waals surface area (Å²) < 4.78 is 5.58. The van der Waals surface area contributed by atoms with Gasteiger partial charge < -0.3 is 14.4 Å². The first-order valence-electron chi connectivity index (χ1n) is 7.29. The molecule has 2 aromatic heterocycles. The molecule has 0 saturated carbocycles. The van der Waals surface area contributed by atoms with Crippen LogP contribution in [-0.2, 0) is 6.42 Å². The van der Waals surface area contributed by atoms with E-state index in [1.165, 1.54) is 11.1 Å². The largest absolute Gasteiger partial charge is 0.503 e. The number of benzene rings is 1. The van der Waals surface area contributed by atoms with Crippen LogP contribution in [0, 0.1) is 6.92 Å². The summed E-state index contributed by atoms with van der Waals surface area (Å²) in [5.74, 6) is 0.709. The minimum absolute atomic E-state index is 0.183. The highest BCUT2D eigenvalue weighted by molar-refractivity contribution is 7.13. The summed E-state index contributed by atoms with van der Waals surface area (Å²) in [6.45, 7) is 4.27. The number of aryl methyl sites for hydroxylation is 2. The molecule has 0 aliphatic heterocycles. The molecule has 3 rings (SSSR count). The third kappa shape index (κ3) is 2.50. The van der Waals surface area contributed by atoms with Crippen LogP contribution in [0.3, 0.4) is 0 Å². The zero-order chi connectivity index (χ0) is 15.7. The van der Waals surface area contributed by atoms with Gasteiger partial charge in [-0.3, -0.25) is 0 Å². The van der Waals surface area contributed by atoms with Gasteiger partial charge in [-0.25, -0.2) is 0 Å². The van der Waals surface area contributed by atoms with Crippen molar-refractivity contribution in [1.29, 1.82) is 0 Å². The maximum absolute atomic E-state index is 10.5. The van der Waals surface area contributed by atoms with Crippen LogP contribution in [0.2, 0.25) is 0 Å². The molecular formula is C18H19NO2S. The van der Waals surface area contributed by atoms with Crippen LogP contribution in [0.4, 0.5) is 11.4 Å². The molecule has 22 heavy (non-hydrogen) atoms. The number of furan rings is 1. The first-order valence-corrected chi connectivity index (χ1v) is 8.17. The Hall–Kier alpha value is -2.20. The van der Waals surface area contributed by atoms with E-state index in [0.717, 1.165) is 17.0 Å². The SMILES string of the molecule is CCc1ccc(N(C)c2coc(-c3cccs3)c2O)cc1C. The zero-order valence-corrected chi connectivity index (χ0v) is 13.8. The van der Waals surface area contributed by atoms with Crippen LogP contribution in [0.25, 0.3) is 10.6 Å². The lowest BCUT2D eigenvalue weighted by atomic mass is 10.1. The third-order valence-corrected chi connectivity index (χ3v) is 4.82. The van der Waals surface area contributed by atoms with Gasteiger partial charge >= 0.3 is 0 Å². The molecule has 0 spiro atoms. The number of rotatable bonds is 4. The minimum Gasteiger partial charge on any atom is -0.503 e. The normalized spacial score (nSPS) is 10.9. The standard InChI is InChI=1S/C18H19NO2S/c1-4-13-7-8-14(10-12(13)2)19(3)15-11-21-18(17(15)20)16-6-5-9-22-16/h5-11,20H,4H2,1-3H3. The van der Waals surface area contributed by atoms with Crippen molar-refractivity contribution in [3.05, 3.63) is 53.1 Å². The lowest BCUT2D eigenvalue weighted by Crippen LogP contribution is -2.09. The Balaban J connectivity index is 1.96. The first-order chi connectivity index (χ1) is 10.6. The molecular weight excluding hydrogens is 294 g/mol. The summed E-state index contributed by atoms with van der Waals surface area (Å²) >= 11 is 1.55. The fourth-order valence-corrected chi connectivity index (χ4v) is 3.30. The van der Waals surface area contributed by atoms with Crippen LogP contribution in [0.1, 0.15) is 18.1 Å². The van der Waals surface area contributed by atoms with Crippen molar-refractivity contribution in [2.24, 2.45) is 0 Å². The highest BCUT2D eigenvalue weighted by atomic mass is 32.1. The predicted molar refractivity (Wildman–Crippen MR) is 92.3 cm³/mol. The monoisotopic (exact) mass is 313 g/mol. The van der Waals surface area contributed by atoms with Crippen LogP contribution >= 0.6 is 11.3 Å². The second-order valence-electron chi connectivity index (χ2n) is 5.30. The van der Waals surface area contributed by atoms with E-state index in [1.807, 2.05) is 29.5 Å². The van der Waals surface area contributed by atoms with E-state index in [1.54, 1.807) is 17.6 Å². The smallest absolute Gasteiger partial charge is 0.187 e. The number of hydrogen-bond donors (Lipinski definition) is 1. The summed E-state index contributed by atoms with van der Waals surface area (Å²) in [6, 6.07) is 10.2. The Labute approximate surface area is 134 Å². The van der Waals surface area contributed by atoms with Gasteiger partial charge in [0, 0.05) is 12.7 Å². The van der Waals surface area contributed by atoms with E-state index in [-0.39, 0.29) is 5.75 Å². The Bertz CT molecular complexity index is 774. The molecule has 114 valence electrons. The van der Waals surface area contributed by atoms with Gasteiger partial charge in [-0.05, 0) is 48.1 Å². The lowest BCUT2D eigenvalue weighted by Gasteiger charge is -2.19. The van der Waals surface area contributed by atoms with E-state index in [0.29, 0.717) is 11.4 Å². The van der Waals surface area contributed by atoms with Gasteiger partial charge in [-0.1, -0.05) is 19.1 Å². The molecule has 0 atom stereocenters. The maximum atomic E-state index is 10.5. The maximum Gasteiger partial charge on any atom is 0.187 e. The van der Waals surface area contributed by atoms with Crippen molar-refractivity contribution in [2.45, 2.75) is 20.3 Å². The van der Waals surface area contributed by atoms with Crippen LogP contribution < -0.4 is 4.90 Å². The molecule has 0 aliphatic rings. The molecule has 0 unspecified atom stereocenters. The molecule has 4 heteroatoms. The molecule has 3 nitrogen and oxygen atoms in total. The Morgan fingerprint density at radius 2 is 2.09 bits per heavy atom. The van der Waals surface area contributed by atoms with Gasteiger partial charge in [0.2, 0.25) is 0 Å². The summed E-state index contributed by atoms with van der Waals surface area (Å²) in [5.41, 5.74) is 4.30. The molecule has 1 N–H and O–H groups in total. The van der Waals surface area contributed by atoms with E-state index < -0.39 is 0 Å². The van der Waals surface area contributed by atoms with Crippen LogP contribution in [0.5, 0.6) is 5.75 Å². The Morgan fingerprint density at radius 3 is 2.73 bits per heavy atom. The highest BCUT2D eigenvalue weighted by Gasteiger charge is 2.19. The predicted octanol–water partition coefficient (Wildman–Crippen LogP) is 5.35. The van der Waals surface area contributed by atoms with Gasteiger partial charge in [0.05, 0.1) is 4.88 Å². The van der Waals surface area contributed by atoms with Crippen molar-refractivity contribution in [3.63, 3.8) is 0 Å².